The van der Waals surface area contributed by atoms with E-state index in [0.29, 0.717) is 0 Å². The SMILES string of the molecule is N.N.N.N.N.N.N.N.N.N.N.N.N.N.N.O.O.O.O.OB(O)O.OB(O)O.OB(O)O.OB(O)O.OB(O)O. The fourth-order valence-electron chi connectivity index (χ4n) is 0. The van der Waals surface area contributed by atoms with Gasteiger partial charge in [0.15, 0.2) is 0 Å². The summed E-state index contributed by atoms with van der Waals surface area (Å²) in [6, 6.07) is 0. The molecule has 0 amide bonds. The Morgan fingerprint density at radius 2 is 0.154 bits per heavy atom. The maximum Gasteiger partial charge on any atom is 0.631 e. The van der Waals surface area contributed by atoms with E-state index in [1.807, 2.05) is 0 Å². The summed E-state index contributed by atoms with van der Waals surface area (Å²) in [7, 11) is -10.8. The summed E-state index contributed by atoms with van der Waals surface area (Å²) in [6.07, 6.45) is 0. The van der Waals surface area contributed by atoms with Crippen LogP contribution in [0.1, 0.15) is 0 Å². The molecule has 68 N–H and O–H groups in total. The first-order chi connectivity index (χ1) is 8.66. The van der Waals surface area contributed by atoms with Gasteiger partial charge in [-0.1, -0.05) is 0 Å². The minimum atomic E-state index is -2.17. The van der Waals surface area contributed by atoms with Crippen LogP contribution >= 0.6 is 0 Å². The van der Waals surface area contributed by atoms with E-state index < -0.39 is 36.6 Å². The third-order valence-corrected chi connectivity index (χ3v) is 0. The summed E-state index contributed by atoms with van der Waals surface area (Å²) in [4.78, 5) is 0. The summed E-state index contributed by atoms with van der Waals surface area (Å²) < 4.78 is 0. The summed E-state index contributed by atoms with van der Waals surface area (Å²) in [5, 5.41) is 108. The number of rotatable bonds is 0. The lowest BCUT2D eigenvalue weighted by atomic mass is 10.3. The van der Waals surface area contributed by atoms with Gasteiger partial charge in [0, 0.05) is 0 Å². The third-order valence-electron chi connectivity index (χ3n) is 0. The Morgan fingerprint density at radius 1 is 0.154 bits per heavy atom. The molecule has 272 valence electrons. The van der Waals surface area contributed by atoms with E-state index in [4.69, 9.17) is 75.4 Å². The molecule has 0 aromatic carbocycles. The highest BCUT2D eigenvalue weighted by atomic mass is 16.5. The Kier molecular flexibility index (Phi) is 1670. The second-order valence-electron chi connectivity index (χ2n) is 1.73. The van der Waals surface area contributed by atoms with Gasteiger partial charge in [-0.25, -0.2) is 0 Å². The van der Waals surface area contributed by atoms with E-state index in [0.717, 1.165) is 0 Å². The van der Waals surface area contributed by atoms with Crippen LogP contribution < -0.4 is 92.3 Å². The van der Waals surface area contributed by atoms with Crippen molar-refractivity contribution in [3.8, 4) is 0 Å². The summed E-state index contributed by atoms with van der Waals surface area (Å²) in [5.74, 6) is 0. The maximum atomic E-state index is 7.17. The Bertz CT molecular complexity index is 114. The normalized spacial score (nSPS) is 3.46. The first-order valence-corrected chi connectivity index (χ1v) is 3.87. The molecule has 0 aliphatic heterocycles. The van der Waals surface area contributed by atoms with Crippen molar-refractivity contribution in [3.63, 3.8) is 0 Å². The van der Waals surface area contributed by atoms with Gasteiger partial charge >= 0.3 is 36.6 Å². The predicted molar refractivity (Wildman–Crippen MR) is 152 cm³/mol. The van der Waals surface area contributed by atoms with Gasteiger partial charge in [0.05, 0.1) is 0 Å². The average molecular weight is 637 g/mol. The predicted octanol–water partition coefficient (Wildman–Crippen LogP) is -11.1. The fraction of sp³-hybridized carbons (Fsp3) is 0. The fourth-order valence-corrected chi connectivity index (χ4v) is 0. The van der Waals surface area contributed by atoms with Gasteiger partial charge in [0.1, 0.15) is 0 Å². The van der Waals surface area contributed by atoms with E-state index >= 15 is 0 Å². The molecule has 39 heavy (non-hydrogen) atoms. The van der Waals surface area contributed by atoms with Crippen molar-refractivity contribution in [1.82, 2.24) is 92.3 Å². The third kappa shape index (κ3) is 42200. The molecule has 0 aromatic rings. The molecule has 0 radical (unpaired) electrons. The molecule has 0 unspecified atom stereocenters. The van der Waals surface area contributed by atoms with Crippen molar-refractivity contribution in [3.05, 3.63) is 0 Å². The van der Waals surface area contributed by atoms with E-state index in [9.17, 15) is 0 Å². The summed E-state index contributed by atoms with van der Waals surface area (Å²) in [6.45, 7) is 0. The smallest absolute Gasteiger partial charge is 0.412 e. The topological polar surface area (TPSA) is 954 Å². The lowest BCUT2D eigenvalue weighted by Crippen LogP contribution is -2.07. The molecule has 0 saturated carbocycles. The highest BCUT2D eigenvalue weighted by Crippen LogP contribution is 1.41. The lowest BCUT2D eigenvalue weighted by Gasteiger charge is -1.69. The van der Waals surface area contributed by atoms with Crippen LogP contribution in [0, 0.1) is 0 Å². The van der Waals surface area contributed by atoms with Crippen LogP contribution in [0.15, 0.2) is 0 Å². The van der Waals surface area contributed by atoms with E-state index in [1.165, 1.54) is 0 Å². The van der Waals surface area contributed by atoms with E-state index in [2.05, 4.69) is 0 Å². The Morgan fingerprint density at radius 3 is 0.154 bits per heavy atom. The molecular formula is H68B5N15O19. The van der Waals surface area contributed by atoms with Crippen molar-refractivity contribution in [2.45, 2.75) is 0 Å². The molecule has 0 spiro atoms. The summed E-state index contributed by atoms with van der Waals surface area (Å²) in [5.41, 5.74) is 0. The Hall–Kier alpha value is -1.04. The molecule has 0 atom stereocenters. The summed E-state index contributed by atoms with van der Waals surface area (Å²) >= 11 is 0. The van der Waals surface area contributed by atoms with Crippen LogP contribution in [0.25, 0.3) is 0 Å². The van der Waals surface area contributed by atoms with Crippen LogP contribution in [-0.4, -0.2) is 134 Å². The molecular weight excluding hydrogens is 568 g/mol. The molecule has 0 fully saturated rings. The van der Waals surface area contributed by atoms with Gasteiger partial charge in [0.2, 0.25) is 0 Å². The second-order valence-corrected chi connectivity index (χ2v) is 1.73. The molecule has 0 aliphatic rings. The zero-order chi connectivity index (χ0) is 17.9. The molecule has 0 saturated heterocycles. The quantitative estimate of drug-likeness (QED) is 0.110. The van der Waals surface area contributed by atoms with E-state index in [1.54, 1.807) is 0 Å². The van der Waals surface area contributed by atoms with Gasteiger partial charge in [-0.2, -0.15) is 0 Å². The highest BCUT2D eigenvalue weighted by Gasteiger charge is 1.94. The van der Waals surface area contributed by atoms with Crippen molar-refractivity contribution >= 4 is 36.6 Å². The number of hydrogen-bond donors (Lipinski definition) is 30. The van der Waals surface area contributed by atoms with Crippen molar-refractivity contribution in [2.24, 2.45) is 0 Å². The van der Waals surface area contributed by atoms with Gasteiger partial charge in [-0.15, -0.1) is 0 Å². The zero-order valence-corrected chi connectivity index (χ0v) is 22.2. The Balaban J connectivity index is -0.00000000292. The minimum absolute atomic E-state index is 0. The van der Waals surface area contributed by atoms with Gasteiger partial charge in [0.25, 0.3) is 0 Å². The largest absolute Gasteiger partial charge is 0.631 e. The first-order valence-electron chi connectivity index (χ1n) is 3.87. The van der Waals surface area contributed by atoms with Crippen molar-refractivity contribution in [2.75, 3.05) is 0 Å². The van der Waals surface area contributed by atoms with Crippen LogP contribution in [-0.2, 0) is 0 Å². The molecule has 39 heteroatoms. The second kappa shape index (κ2) is 245. The Labute approximate surface area is 227 Å². The van der Waals surface area contributed by atoms with Crippen LogP contribution in [0.4, 0.5) is 0 Å². The lowest BCUT2D eigenvalue weighted by molar-refractivity contribution is 0.276. The van der Waals surface area contributed by atoms with Crippen molar-refractivity contribution < 1.29 is 97.3 Å². The molecule has 0 aliphatic carbocycles. The maximum absolute atomic E-state index is 7.17. The van der Waals surface area contributed by atoms with Crippen LogP contribution in [0.5, 0.6) is 0 Å². The molecule has 0 rings (SSSR count). The molecule has 0 aromatic heterocycles. The minimum Gasteiger partial charge on any atom is -0.412 e. The average Bonchev–Trinajstić information content (AvgIpc) is 1.94. The monoisotopic (exact) mass is 638 g/mol. The van der Waals surface area contributed by atoms with Crippen LogP contribution in [0.3, 0.4) is 0 Å². The first kappa shape index (κ1) is 266. The molecule has 0 bridgehead atoms. The van der Waals surface area contributed by atoms with Gasteiger partial charge < -0.3 is 190 Å². The molecule has 34 nitrogen and oxygen atoms in total. The molecule has 0 heterocycles. The zero-order valence-electron chi connectivity index (χ0n) is 22.2. The van der Waals surface area contributed by atoms with E-state index in [-0.39, 0.29) is 114 Å². The standard InChI is InChI=1S/5BH3O3.15H3N.4H2O/c5*2-1(3)4;;;;;;;;;;;;;;;;;;;/h5*2-4H;15*1H3;4*1H2. The number of hydrogen-bond acceptors (Lipinski definition) is 30. The highest BCUT2D eigenvalue weighted by molar-refractivity contribution is 6.31. The van der Waals surface area contributed by atoms with Gasteiger partial charge in [-0.05, 0) is 0 Å². The van der Waals surface area contributed by atoms with Crippen LogP contribution in [0.2, 0.25) is 0 Å². The van der Waals surface area contributed by atoms with Gasteiger partial charge in [-0.3, -0.25) is 0 Å². The van der Waals surface area contributed by atoms with Crippen molar-refractivity contribution in [1.29, 1.82) is 0 Å².